The molecule has 0 heterocycles. The minimum Gasteiger partial charge on any atom is -0.327 e. The summed E-state index contributed by atoms with van der Waals surface area (Å²) in [6.07, 6.45) is 1.07. The maximum atomic E-state index is 6.09. The molecule has 102 valence electrons. The molecule has 0 amide bonds. The van der Waals surface area contributed by atoms with Crippen LogP contribution in [0.5, 0.6) is 0 Å². The van der Waals surface area contributed by atoms with Gasteiger partial charge in [0.25, 0.3) is 0 Å². The number of rotatable bonds is 6. The van der Waals surface area contributed by atoms with Crippen LogP contribution in [-0.4, -0.2) is 24.5 Å². The molecule has 0 bridgehead atoms. The van der Waals surface area contributed by atoms with Gasteiger partial charge in [0.15, 0.2) is 0 Å². The summed E-state index contributed by atoms with van der Waals surface area (Å²) in [6.45, 7) is 10.8. The van der Waals surface area contributed by atoms with Crippen molar-refractivity contribution in [2.24, 2.45) is 11.7 Å². The highest BCUT2D eigenvalue weighted by Crippen LogP contribution is 2.13. The van der Waals surface area contributed by atoms with E-state index in [-0.39, 0.29) is 0 Å². The van der Waals surface area contributed by atoms with Crippen LogP contribution in [0.3, 0.4) is 0 Å². The second-order valence-corrected chi connectivity index (χ2v) is 5.86. The molecular weight excluding hydrogens is 220 g/mol. The van der Waals surface area contributed by atoms with Crippen LogP contribution < -0.4 is 5.73 Å². The highest BCUT2D eigenvalue weighted by atomic mass is 15.1. The van der Waals surface area contributed by atoms with E-state index in [9.17, 15) is 0 Å². The van der Waals surface area contributed by atoms with Gasteiger partial charge < -0.3 is 10.6 Å². The summed E-state index contributed by atoms with van der Waals surface area (Å²) >= 11 is 0. The van der Waals surface area contributed by atoms with Gasteiger partial charge in [-0.25, -0.2) is 0 Å². The monoisotopic (exact) mass is 248 g/mol. The molecule has 1 aromatic carbocycles. The number of nitrogens with zero attached hydrogens (tertiary/aromatic N) is 1. The Kier molecular flexibility index (Phi) is 5.83. The molecule has 0 radical (unpaired) electrons. The van der Waals surface area contributed by atoms with Crippen LogP contribution in [0.4, 0.5) is 0 Å². The maximum absolute atomic E-state index is 6.09. The van der Waals surface area contributed by atoms with E-state index in [1.165, 1.54) is 16.7 Å². The van der Waals surface area contributed by atoms with Gasteiger partial charge in [-0.3, -0.25) is 0 Å². The van der Waals surface area contributed by atoms with Crippen LogP contribution in [0, 0.1) is 19.8 Å². The lowest BCUT2D eigenvalue weighted by Crippen LogP contribution is -2.31. The molecule has 0 aliphatic rings. The Bertz CT molecular complexity index is 371. The zero-order valence-electron chi connectivity index (χ0n) is 12.5. The summed E-state index contributed by atoms with van der Waals surface area (Å²) < 4.78 is 0. The van der Waals surface area contributed by atoms with E-state index >= 15 is 0 Å². The molecule has 0 aliphatic heterocycles. The average Bonchev–Trinajstić information content (AvgIpc) is 2.30. The summed E-state index contributed by atoms with van der Waals surface area (Å²) in [5.74, 6) is 0.569. The van der Waals surface area contributed by atoms with Crippen LogP contribution in [0.15, 0.2) is 18.2 Å². The largest absolute Gasteiger partial charge is 0.327 e. The minimum atomic E-state index is 0.311. The number of benzene rings is 1. The number of hydrogen-bond acceptors (Lipinski definition) is 2. The molecule has 0 saturated heterocycles. The maximum Gasteiger partial charge on any atom is 0.0233 e. The van der Waals surface area contributed by atoms with Gasteiger partial charge in [0, 0.05) is 12.6 Å². The van der Waals surface area contributed by atoms with Crippen LogP contribution in [0.1, 0.15) is 37.0 Å². The van der Waals surface area contributed by atoms with Gasteiger partial charge in [-0.2, -0.15) is 0 Å². The Balaban J connectivity index is 2.49. The number of nitrogens with two attached hydrogens (primary N) is 1. The predicted octanol–water partition coefficient (Wildman–Crippen LogP) is 3.11. The Morgan fingerprint density at radius 3 is 2.50 bits per heavy atom. The van der Waals surface area contributed by atoms with Crippen LogP contribution in [0.25, 0.3) is 0 Å². The van der Waals surface area contributed by atoms with E-state index in [1.54, 1.807) is 0 Å². The Morgan fingerprint density at radius 1 is 1.22 bits per heavy atom. The highest BCUT2D eigenvalue weighted by Gasteiger charge is 2.09. The molecule has 0 spiro atoms. The highest BCUT2D eigenvalue weighted by molar-refractivity contribution is 5.30. The molecule has 0 aliphatic carbocycles. The molecular formula is C16H28N2. The van der Waals surface area contributed by atoms with Gasteiger partial charge in [0.2, 0.25) is 0 Å². The zero-order chi connectivity index (χ0) is 13.7. The van der Waals surface area contributed by atoms with Crippen LogP contribution in [0.2, 0.25) is 0 Å². The summed E-state index contributed by atoms with van der Waals surface area (Å²) in [7, 11) is 2.18. The molecule has 1 rings (SSSR count). The van der Waals surface area contributed by atoms with Gasteiger partial charge in [-0.1, -0.05) is 37.6 Å². The fraction of sp³-hybridized carbons (Fsp3) is 0.625. The molecule has 0 saturated carbocycles. The first-order valence-electron chi connectivity index (χ1n) is 6.90. The SMILES string of the molecule is Cc1ccc(C)c(CN(C)CCC(N)C(C)C)c1. The third kappa shape index (κ3) is 4.79. The molecule has 1 unspecified atom stereocenters. The fourth-order valence-electron chi connectivity index (χ4n) is 2.04. The van der Waals surface area contributed by atoms with Crippen LogP contribution >= 0.6 is 0 Å². The molecule has 0 aromatic heterocycles. The van der Waals surface area contributed by atoms with Crippen molar-refractivity contribution >= 4 is 0 Å². The van der Waals surface area contributed by atoms with E-state index in [2.05, 4.69) is 57.8 Å². The standard InChI is InChI=1S/C16H28N2/c1-12(2)16(17)8-9-18(5)11-15-10-13(3)6-7-14(15)4/h6-7,10,12,16H,8-9,11,17H2,1-5H3. The second-order valence-electron chi connectivity index (χ2n) is 5.86. The smallest absolute Gasteiger partial charge is 0.0233 e. The molecule has 18 heavy (non-hydrogen) atoms. The fourth-order valence-corrected chi connectivity index (χ4v) is 2.04. The summed E-state index contributed by atoms with van der Waals surface area (Å²) in [5, 5.41) is 0. The van der Waals surface area contributed by atoms with Crippen molar-refractivity contribution in [3.8, 4) is 0 Å². The van der Waals surface area contributed by atoms with Crippen LogP contribution in [-0.2, 0) is 6.54 Å². The third-order valence-corrected chi connectivity index (χ3v) is 3.65. The first-order valence-corrected chi connectivity index (χ1v) is 6.90. The first kappa shape index (κ1) is 15.2. The van der Waals surface area contributed by atoms with Gasteiger partial charge >= 0.3 is 0 Å². The van der Waals surface area contributed by atoms with E-state index in [1.807, 2.05) is 0 Å². The van der Waals surface area contributed by atoms with Crippen molar-refractivity contribution in [3.63, 3.8) is 0 Å². The van der Waals surface area contributed by atoms with Crippen molar-refractivity contribution in [3.05, 3.63) is 34.9 Å². The topological polar surface area (TPSA) is 29.3 Å². The molecule has 0 fully saturated rings. The quantitative estimate of drug-likeness (QED) is 0.838. The Hall–Kier alpha value is -0.860. The van der Waals surface area contributed by atoms with E-state index < -0.39 is 0 Å². The zero-order valence-corrected chi connectivity index (χ0v) is 12.5. The molecule has 1 aromatic rings. The molecule has 2 heteroatoms. The number of hydrogen-bond donors (Lipinski definition) is 1. The average molecular weight is 248 g/mol. The lowest BCUT2D eigenvalue weighted by Gasteiger charge is -2.22. The Morgan fingerprint density at radius 2 is 1.89 bits per heavy atom. The molecule has 2 nitrogen and oxygen atoms in total. The molecule has 2 N–H and O–H groups in total. The van der Waals surface area contributed by atoms with Gasteiger partial charge in [-0.05, 0) is 50.9 Å². The van der Waals surface area contributed by atoms with Gasteiger partial charge in [-0.15, -0.1) is 0 Å². The summed E-state index contributed by atoms with van der Waals surface area (Å²) in [4.78, 5) is 2.37. The number of aryl methyl sites for hydroxylation is 2. The summed E-state index contributed by atoms with van der Waals surface area (Å²) in [6, 6.07) is 6.98. The predicted molar refractivity (Wildman–Crippen MR) is 79.7 cm³/mol. The normalized spacial score (nSPS) is 13.3. The van der Waals surface area contributed by atoms with Gasteiger partial charge in [0.05, 0.1) is 0 Å². The van der Waals surface area contributed by atoms with Crippen molar-refractivity contribution < 1.29 is 0 Å². The van der Waals surface area contributed by atoms with E-state index in [0.29, 0.717) is 12.0 Å². The lowest BCUT2D eigenvalue weighted by atomic mass is 10.0. The summed E-state index contributed by atoms with van der Waals surface area (Å²) in [5.41, 5.74) is 10.2. The third-order valence-electron chi connectivity index (χ3n) is 3.65. The van der Waals surface area contributed by atoms with Gasteiger partial charge in [0.1, 0.15) is 0 Å². The van der Waals surface area contributed by atoms with Crippen molar-refractivity contribution in [2.45, 2.75) is 46.7 Å². The Labute approximate surface area is 112 Å². The van der Waals surface area contributed by atoms with Crippen molar-refractivity contribution in [2.75, 3.05) is 13.6 Å². The minimum absolute atomic E-state index is 0.311. The first-order chi connectivity index (χ1) is 8.40. The lowest BCUT2D eigenvalue weighted by molar-refractivity contribution is 0.296. The van der Waals surface area contributed by atoms with E-state index in [4.69, 9.17) is 5.73 Å². The van der Waals surface area contributed by atoms with Crippen molar-refractivity contribution in [1.82, 2.24) is 4.90 Å². The van der Waals surface area contributed by atoms with E-state index in [0.717, 1.165) is 19.5 Å². The molecule has 1 atom stereocenters. The van der Waals surface area contributed by atoms with Crippen molar-refractivity contribution in [1.29, 1.82) is 0 Å². The second kappa shape index (κ2) is 6.91.